The topological polar surface area (TPSA) is 109 Å². The van der Waals surface area contributed by atoms with Crippen LogP contribution in [0.15, 0.2) is 113 Å². The number of thioether (sulfide) groups is 1. The molecule has 1 aromatic heterocycles. The van der Waals surface area contributed by atoms with E-state index in [1.54, 1.807) is 55.6 Å². The van der Waals surface area contributed by atoms with Crippen molar-refractivity contribution in [2.45, 2.75) is 23.5 Å². The van der Waals surface area contributed by atoms with Crippen LogP contribution in [0.5, 0.6) is 5.75 Å². The average molecular weight is 701 g/mol. The predicted octanol–water partition coefficient (Wildman–Crippen LogP) is 8.53. The van der Waals surface area contributed by atoms with Crippen LogP contribution in [0, 0.1) is 5.82 Å². The fourth-order valence-electron chi connectivity index (χ4n) is 4.56. The number of methoxy groups -OCH3 is 1. The van der Waals surface area contributed by atoms with Crippen LogP contribution in [0.4, 0.5) is 15.2 Å². The van der Waals surface area contributed by atoms with Gasteiger partial charge in [-0.1, -0.05) is 61.0 Å². The molecule has 4 aromatic carbocycles. The molecule has 0 saturated carbocycles. The van der Waals surface area contributed by atoms with Crippen LogP contribution in [0.1, 0.15) is 29.3 Å². The molecule has 0 radical (unpaired) electrons. The Morgan fingerprint density at radius 1 is 0.979 bits per heavy atom. The van der Waals surface area contributed by atoms with E-state index in [4.69, 9.17) is 16.3 Å². The van der Waals surface area contributed by atoms with E-state index in [1.807, 2.05) is 42.6 Å². The second kappa shape index (κ2) is 16.2. The summed E-state index contributed by atoms with van der Waals surface area (Å²) in [6.07, 6.45) is 1.72. The lowest BCUT2D eigenvalue weighted by Crippen LogP contribution is -2.30. The molecule has 48 heavy (non-hydrogen) atoms. The van der Waals surface area contributed by atoms with Crippen LogP contribution >= 0.6 is 34.7 Å². The van der Waals surface area contributed by atoms with Crippen molar-refractivity contribution in [3.05, 3.63) is 130 Å². The Morgan fingerprint density at radius 2 is 1.73 bits per heavy atom. The van der Waals surface area contributed by atoms with Gasteiger partial charge in [0.05, 0.1) is 23.1 Å². The van der Waals surface area contributed by atoms with Crippen LogP contribution < -0.4 is 20.7 Å². The summed E-state index contributed by atoms with van der Waals surface area (Å²) in [4.78, 5) is 45.0. The monoisotopic (exact) mass is 700 g/mol. The average Bonchev–Trinajstić information content (AvgIpc) is 3.56. The normalized spacial score (nSPS) is 11.8. The van der Waals surface area contributed by atoms with Gasteiger partial charge >= 0.3 is 0 Å². The van der Waals surface area contributed by atoms with Gasteiger partial charge in [0.2, 0.25) is 5.91 Å². The molecule has 0 aliphatic carbocycles. The molecular weight excluding hydrogens is 671 g/mol. The predicted molar refractivity (Wildman–Crippen MR) is 191 cm³/mol. The molecule has 5 aromatic rings. The second-order valence-electron chi connectivity index (χ2n) is 10.2. The zero-order valence-electron chi connectivity index (χ0n) is 25.8. The number of halogens is 2. The second-order valence-corrected chi connectivity index (χ2v) is 12.8. The van der Waals surface area contributed by atoms with Crippen molar-refractivity contribution in [2.24, 2.45) is 0 Å². The van der Waals surface area contributed by atoms with Gasteiger partial charge in [-0.3, -0.25) is 14.4 Å². The van der Waals surface area contributed by atoms with Gasteiger partial charge in [-0.15, -0.1) is 23.1 Å². The molecule has 1 heterocycles. The number of thiazole rings is 1. The molecule has 1 atom stereocenters. The van der Waals surface area contributed by atoms with Crippen LogP contribution in [-0.4, -0.2) is 35.1 Å². The number of hydrogen-bond donors (Lipinski definition) is 3. The number of hydrogen-bond acceptors (Lipinski definition) is 7. The molecular formula is C36H30ClFN4O4S2. The summed E-state index contributed by atoms with van der Waals surface area (Å²) in [6.45, 7) is 1.91. The fourth-order valence-corrected chi connectivity index (χ4v) is 6.51. The van der Waals surface area contributed by atoms with Gasteiger partial charge < -0.3 is 20.7 Å². The first-order valence-corrected chi connectivity index (χ1v) is 16.9. The van der Waals surface area contributed by atoms with E-state index in [9.17, 15) is 18.8 Å². The number of ether oxygens (including phenoxy) is 1. The lowest BCUT2D eigenvalue weighted by molar-refractivity contribution is -0.116. The van der Waals surface area contributed by atoms with Crippen LogP contribution in [0.25, 0.3) is 17.3 Å². The number of anilines is 2. The lowest BCUT2D eigenvalue weighted by atomic mass is 10.1. The number of nitrogens with one attached hydrogen (secondary N) is 3. The third kappa shape index (κ3) is 8.68. The highest BCUT2D eigenvalue weighted by Crippen LogP contribution is 2.33. The number of rotatable bonds is 12. The Labute approximate surface area is 290 Å². The molecule has 0 aliphatic rings. The SMILES string of the molecule is CCC(Sc1cccc(NC(=O)/C(=C\c2c(F)cccc2Cl)NC(=O)c2ccccc2)c1)C(=O)Nc1nc(-c2ccccc2OC)cs1. The smallest absolute Gasteiger partial charge is 0.272 e. The largest absolute Gasteiger partial charge is 0.496 e. The van der Waals surface area contributed by atoms with Gasteiger partial charge in [0.1, 0.15) is 17.3 Å². The number of para-hydroxylation sites is 1. The molecule has 0 saturated heterocycles. The number of aromatic nitrogens is 1. The van der Waals surface area contributed by atoms with Crippen molar-refractivity contribution in [2.75, 3.05) is 17.7 Å². The third-order valence-corrected chi connectivity index (χ3v) is 9.41. The van der Waals surface area contributed by atoms with Gasteiger partial charge in [0, 0.05) is 32.7 Å². The third-order valence-electron chi connectivity index (χ3n) is 6.97. The Balaban J connectivity index is 1.30. The van der Waals surface area contributed by atoms with E-state index in [1.165, 1.54) is 47.4 Å². The van der Waals surface area contributed by atoms with Crippen molar-refractivity contribution in [1.29, 1.82) is 0 Å². The summed E-state index contributed by atoms with van der Waals surface area (Å²) in [5, 5.41) is 10.2. The minimum atomic E-state index is -0.694. The van der Waals surface area contributed by atoms with Crippen LogP contribution in [-0.2, 0) is 9.59 Å². The maximum Gasteiger partial charge on any atom is 0.272 e. The minimum Gasteiger partial charge on any atom is -0.496 e. The molecule has 0 aliphatic heterocycles. The van der Waals surface area contributed by atoms with E-state index in [2.05, 4.69) is 20.9 Å². The summed E-state index contributed by atoms with van der Waals surface area (Å²) in [5.41, 5.74) is 1.98. The maximum absolute atomic E-state index is 14.7. The number of carbonyl (C=O) groups excluding carboxylic acids is 3. The standard InChI is InChI=1S/C36H30ClFN4O4S2/c1-3-32(35(45)42-36-41-30(21-47-36)25-15-7-8-18-31(25)46-2)48-24-14-9-13-23(19-24)39-34(44)29(20-26-27(37)16-10-17-28(26)38)40-33(43)22-11-5-4-6-12-22/h4-21,32H,3H2,1-2H3,(H,39,44)(H,40,43)(H,41,42,45)/b29-20+. The first kappa shape index (κ1) is 34.4. The molecule has 3 N–H and O–H groups in total. The molecule has 0 spiro atoms. The number of carbonyl (C=O) groups is 3. The van der Waals surface area contributed by atoms with E-state index >= 15 is 0 Å². The zero-order chi connectivity index (χ0) is 34.0. The molecule has 5 rings (SSSR count). The Kier molecular flexibility index (Phi) is 11.6. The molecule has 12 heteroatoms. The van der Waals surface area contributed by atoms with Crippen molar-refractivity contribution < 1.29 is 23.5 Å². The molecule has 244 valence electrons. The molecule has 0 bridgehead atoms. The quantitative estimate of drug-likeness (QED) is 0.0889. The molecule has 3 amide bonds. The van der Waals surface area contributed by atoms with E-state index in [0.717, 1.165) is 10.5 Å². The van der Waals surface area contributed by atoms with Gasteiger partial charge in [-0.05, 0) is 67.1 Å². The fraction of sp³-hybridized carbons (Fsp3) is 0.111. The Bertz CT molecular complexity index is 1950. The van der Waals surface area contributed by atoms with Crippen molar-refractivity contribution in [3.63, 3.8) is 0 Å². The summed E-state index contributed by atoms with van der Waals surface area (Å²) in [7, 11) is 1.60. The summed E-state index contributed by atoms with van der Waals surface area (Å²) >= 11 is 8.87. The van der Waals surface area contributed by atoms with Crippen LogP contribution in [0.2, 0.25) is 5.02 Å². The highest BCUT2D eigenvalue weighted by atomic mass is 35.5. The Hall–Kier alpha value is -4.97. The van der Waals surface area contributed by atoms with E-state index in [-0.39, 0.29) is 22.2 Å². The van der Waals surface area contributed by atoms with Crippen molar-refractivity contribution in [1.82, 2.24) is 10.3 Å². The zero-order valence-corrected chi connectivity index (χ0v) is 28.2. The number of amides is 3. The highest BCUT2D eigenvalue weighted by Gasteiger charge is 2.21. The molecule has 0 fully saturated rings. The molecule has 1 unspecified atom stereocenters. The maximum atomic E-state index is 14.7. The van der Waals surface area contributed by atoms with E-state index < -0.39 is 22.9 Å². The molecule has 8 nitrogen and oxygen atoms in total. The van der Waals surface area contributed by atoms with Crippen LogP contribution in [0.3, 0.4) is 0 Å². The number of benzene rings is 4. The highest BCUT2D eigenvalue weighted by molar-refractivity contribution is 8.00. The van der Waals surface area contributed by atoms with Gasteiger partial charge in [0.15, 0.2) is 5.13 Å². The minimum absolute atomic E-state index is 0.0472. The van der Waals surface area contributed by atoms with Gasteiger partial charge in [0.25, 0.3) is 11.8 Å². The lowest BCUT2D eigenvalue weighted by Gasteiger charge is -2.15. The first-order valence-electron chi connectivity index (χ1n) is 14.8. The Morgan fingerprint density at radius 3 is 2.48 bits per heavy atom. The van der Waals surface area contributed by atoms with Gasteiger partial charge in [-0.2, -0.15) is 0 Å². The summed E-state index contributed by atoms with van der Waals surface area (Å²) in [5.74, 6) is -1.43. The summed E-state index contributed by atoms with van der Waals surface area (Å²) < 4.78 is 20.1. The first-order chi connectivity index (χ1) is 23.2. The van der Waals surface area contributed by atoms with Crippen molar-refractivity contribution >= 4 is 69.3 Å². The van der Waals surface area contributed by atoms with E-state index in [0.29, 0.717) is 34.2 Å². The van der Waals surface area contributed by atoms with Crippen molar-refractivity contribution in [3.8, 4) is 17.0 Å². The number of nitrogens with zero attached hydrogens (tertiary/aromatic N) is 1. The van der Waals surface area contributed by atoms with Gasteiger partial charge in [-0.25, -0.2) is 9.37 Å². The summed E-state index contributed by atoms with van der Waals surface area (Å²) in [6, 6.07) is 26.9.